The van der Waals surface area contributed by atoms with Gasteiger partial charge in [-0.1, -0.05) is 18.2 Å². The lowest BCUT2D eigenvalue weighted by atomic mass is 10.3. The molecule has 2 aromatic carbocycles. The van der Waals surface area contributed by atoms with E-state index >= 15 is 0 Å². The van der Waals surface area contributed by atoms with E-state index in [2.05, 4.69) is 10.4 Å². The summed E-state index contributed by atoms with van der Waals surface area (Å²) < 4.78 is 0. The number of rotatable bonds is 3. The van der Waals surface area contributed by atoms with Crippen LogP contribution in [0.3, 0.4) is 0 Å². The summed E-state index contributed by atoms with van der Waals surface area (Å²) >= 11 is 0. The number of hydrogen-bond donors (Lipinski definition) is 1. The zero-order valence-electron chi connectivity index (χ0n) is 8.58. The molecule has 0 atom stereocenters. The van der Waals surface area contributed by atoms with Gasteiger partial charge in [0.15, 0.2) is 5.75 Å². The highest BCUT2D eigenvalue weighted by molar-refractivity contribution is 5.47. The minimum atomic E-state index is 0.654. The van der Waals surface area contributed by atoms with E-state index in [1.807, 2.05) is 30.3 Å². The zero-order chi connectivity index (χ0) is 11.2. The number of anilines is 1. The molecule has 16 heavy (non-hydrogen) atoms. The van der Waals surface area contributed by atoms with Crippen LogP contribution in [0.4, 0.5) is 11.4 Å². The van der Waals surface area contributed by atoms with E-state index in [1.165, 1.54) is 0 Å². The van der Waals surface area contributed by atoms with Gasteiger partial charge in [0.25, 0.3) is 0 Å². The molecule has 0 fully saturated rings. The van der Waals surface area contributed by atoms with E-state index in [0.29, 0.717) is 17.1 Å². The number of para-hydroxylation sites is 1. The van der Waals surface area contributed by atoms with Crippen molar-refractivity contribution in [2.45, 2.75) is 0 Å². The maximum Gasteiger partial charge on any atom is 0.159 e. The van der Waals surface area contributed by atoms with Crippen molar-refractivity contribution in [1.82, 2.24) is 0 Å². The topological polar surface area (TPSA) is 60.0 Å². The normalized spacial score (nSPS) is 10.5. The monoisotopic (exact) mass is 213 g/mol. The van der Waals surface area contributed by atoms with E-state index < -0.39 is 0 Å². The molecule has 0 saturated heterocycles. The number of hydrogen-bond acceptors (Lipinski definition) is 4. The predicted octanol–water partition coefficient (Wildman–Crippen LogP) is 3.35. The van der Waals surface area contributed by atoms with Crippen LogP contribution in [0.1, 0.15) is 0 Å². The van der Waals surface area contributed by atoms with Gasteiger partial charge in [-0.3, -0.25) is 0 Å². The molecule has 2 N–H and O–H groups in total. The van der Waals surface area contributed by atoms with Gasteiger partial charge in [-0.15, -0.1) is 5.11 Å². The van der Waals surface area contributed by atoms with Crippen LogP contribution in [0.5, 0.6) is 5.75 Å². The largest absolute Gasteiger partial charge is 0.399 e. The molecule has 2 rings (SSSR count). The van der Waals surface area contributed by atoms with E-state index in [9.17, 15) is 0 Å². The van der Waals surface area contributed by atoms with Crippen LogP contribution in [0, 0.1) is 0 Å². The number of nitrogen functional groups attached to an aromatic ring is 1. The Bertz CT molecular complexity index is 465. The van der Waals surface area contributed by atoms with Gasteiger partial charge in [0.2, 0.25) is 0 Å². The lowest BCUT2D eigenvalue weighted by Crippen LogP contribution is -1.81. The van der Waals surface area contributed by atoms with Crippen molar-refractivity contribution in [1.29, 1.82) is 0 Å². The molecular weight excluding hydrogens is 202 g/mol. The van der Waals surface area contributed by atoms with Gasteiger partial charge < -0.3 is 10.6 Å². The Morgan fingerprint density at radius 3 is 2.25 bits per heavy atom. The summed E-state index contributed by atoms with van der Waals surface area (Å²) in [6.07, 6.45) is 0. The fourth-order valence-corrected chi connectivity index (χ4v) is 1.14. The third kappa shape index (κ3) is 2.81. The van der Waals surface area contributed by atoms with Crippen molar-refractivity contribution in [2.75, 3.05) is 5.73 Å². The standard InChI is InChI=1S/C12H11N3O/c13-10-6-8-11(9-7-10)14-15-16-12-4-2-1-3-5-12/h1-9H,13H2. The Labute approximate surface area is 93.3 Å². The lowest BCUT2D eigenvalue weighted by molar-refractivity contribution is 0.313. The van der Waals surface area contributed by atoms with E-state index in [4.69, 9.17) is 10.6 Å². The number of nitrogens with two attached hydrogens (primary N) is 1. The summed E-state index contributed by atoms with van der Waals surface area (Å²) in [5.74, 6) is 0.654. The number of benzene rings is 2. The molecule has 2 aromatic rings. The summed E-state index contributed by atoms with van der Waals surface area (Å²) in [6, 6.07) is 16.3. The molecular formula is C12H11N3O. The Hall–Kier alpha value is -2.36. The molecule has 0 aliphatic carbocycles. The summed E-state index contributed by atoms with van der Waals surface area (Å²) in [7, 11) is 0. The third-order valence-corrected chi connectivity index (χ3v) is 1.94. The molecule has 0 aliphatic heterocycles. The second-order valence-corrected chi connectivity index (χ2v) is 3.18. The maximum atomic E-state index is 5.54. The summed E-state index contributed by atoms with van der Waals surface area (Å²) in [6.45, 7) is 0. The highest BCUT2D eigenvalue weighted by Crippen LogP contribution is 2.15. The van der Waals surface area contributed by atoms with Crippen LogP contribution < -0.4 is 10.6 Å². The van der Waals surface area contributed by atoms with Crippen molar-refractivity contribution in [3.05, 3.63) is 54.6 Å². The van der Waals surface area contributed by atoms with Crippen molar-refractivity contribution in [3.8, 4) is 5.75 Å². The Morgan fingerprint density at radius 2 is 1.56 bits per heavy atom. The van der Waals surface area contributed by atoms with Crippen LogP contribution in [-0.4, -0.2) is 0 Å². The van der Waals surface area contributed by atoms with Gasteiger partial charge in [0, 0.05) is 11.0 Å². The molecule has 0 amide bonds. The van der Waals surface area contributed by atoms with Crippen molar-refractivity contribution in [3.63, 3.8) is 0 Å². The van der Waals surface area contributed by atoms with E-state index in [0.717, 1.165) is 0 Å². The maximum absolute atomic E-state index is 5.54. The smallest absolute Gasteiger partial charge is 0.159 e. The van der Waals surface area contributed by atoms with Crippen LogP contribution in [0.25, 0.3) is 0 Å². The van der Waals surface area contributed by atoms with Crippen molar-refractivity contribution in [2.24, 2.45) is 10.4 Å². The first-order chi connectivity index (χ1) is 7.84. The van der Waals surface area contributed by atoms with Gasteiger partial charge in [0.05, 0.1) is 5.69 Å². The Kier molecular flexibility index (Phi) is 3.13. The number of nitrogens with zero attached hydrogens (tertiary/aromatic N) is 2. The van der Waals surface area contributed by atoms with Gasteiger partial charge in [0.1, 0.15) is 0 Å². The molecule has 0 spiro atoms. The van der Waals surface area contributed by atoms with E-state index in [1.54, 1.807) is 24.3 Å². The summed E-state index contributed by atoms with van der Waals surface area (Å²) in [5, 5.41) is 7.52. The van der Waals surface area contributed by atoms with Crippen LogP contribution in [0.15, 0.2) is 65.0 Å². The first-order valence-electron chi connectivity index (χ1n) is 4.83. The molecule has 0 unspecified atom stereocenters. The summed E-state index contributed by atoms with van der Waals surface area (Å²) in [4.78, 5) is 5.07. The van der Waals surface area contributed by atoms with Crippen molar-refractivity contribution < 1.29 is 4.84 Å². The highest BCUT2D eigenvalue weighted by Gasteiger charge is 1.90. The lowest BCUT2D eigenvalue weighted by Gasteiger charge is -1.95. The van der Waals surface area contributed by atoms with Gasteiger partial charge >= 0.3 is 0 Å². The first-order valence-corrected chi connectivity index (χ1v) is 4.83. The molecule has 0 aromatic heterocycles. The van der Waals surface area contributed by atoms with Crippen LogP contribution >= 0.6 is 0 Å². The molecule has 0 saturated carbocycles. The summed E-state index contributed by atoms with van der Waals surface area (Å²) in [5.41, 5.74) is 6.94. The molecule has 0 aliphatic rings. The molecule has 80 valence electrons. The fourth-order valence-electron chi connectivity index (χ4n) is 1.14. The third-order valence-electron chi connectivity index (χ3n) is 1.94. The molecule has 0 heterocycles. The minimum absolute atomic E-state index is 0.654. The zero-order valence-corrected chi connectivity index (χ0v) is 8.58. The first kappa shape index (κ1) is 10.2. The fraction of sp³-hybridized carbons (Fsp3) is 0. The predicted molar refractivity (Wildman–Crippen MR) is 62.4 cm³/mol. The molecule has 4 nitrogen and oxygen atoms in total. The van der Waals surface area contributed by atoms with Gasteiger partial charge in [-0.2, -0.15) is 0 Å². The minimum Gasteiger partial charge on any atom is -0.399 e. The van der Waals surface area contributed by atoms with Crippen LogP contribution in [-0.2, 0) is 0 Å². The van der Waals surface area contributed by atoms with Crippen LogP contribution in [0.2, 0.25) is 0 Å². The Morgan fingerprint density at radius 1 is 0.875 bits per heavy atom. The molecule has 0 bridgehead atoms. The quantitative estimate of drug-likeness (QED) is 0.483. The second kappa shape index (κ2) is 4.93. The molecule has 0 radical (unpaired) electrons. The SMILES string of the molecule is Nc1ccc(N=NOc2ccccc2)cc1. The molecule has 4 heteroatoms. The van der Waals surface area contributed by atoms with Gasteiger partial charge in [-0.05, 0) is 36.4 Å². The average molecular weight is 213 g/mol. The van der Waals surface area contributed by atoms with Gasteiger partial charge in [-0.25, -0.2) is 0 Å². The average Bonchev–Trinajstić information content (AvgIpc) is 2.33. The second-order valence-electron chi connectivity index (χ2n) is 3.18. The van der Waals surface area contributed by atoms with E-state index in [-0.39, 0.29) is 0 Å². The van der Waals surface area contributed by atoms with Crippen molar-refractivity contribution >= 4 is 11.4 Å². The highest BCUT2D eigenvalue weighted by atomic mass is 16.6. The Balaban J connectivity index is 1.98.